The third kappa shape index (κ3) is 4.95. The zero-order valence-corrected chi connectivity index (χ0v) is 11.5. The first-order valence-corrected chi connectivity index (χ1v) is 6.01. The zero-order chi connectivity index (χ0) is 14.6. The van der Waals surface area contributed by atoms with Gasteiger partial charge in [-0.2, -0.15) is 0 Å². The van der Waals surface area contributed by atoms with Crippen molar-refractivity contribution in [2.24, 2.45) is 0 Å². The number of aromatic amines is 1. The minimum absolute atomic E-state index is 0.221. The van der Waals surface area contributed by atoms with Crippen LogP contribution in [0, 0.1) is 0 Å². The third-order valence-corrected chi connectivity index (χ3v) is 2.28. The predicted octanol–water partition coefficient (Wildman–Crippen LogP) is 0.408. The molecule has 19 heavy (non-hydrogen) atoms. The molecule has 0 fully saturated rings. The number of nitrogens with one attached hydrogen (secondary N) is 3. The van der Waals surface area contributed by atoms with Gasteiger partial charge in [0.1, 0.15) is 6.04 Å². The SMILES string of the molecule is CC(NC(=O)c1cc[nH]c(=O)c1)C(=O)NC(C)(C)C. The summed E-state index contributed by atoms with van der Waals surface area (Å²) in [6.45, 7) is 7.16. The van der Waals surface area contributed by atoms with E-state index in [-0.39, 0.29) is 22.6 Å². The molecule has 1 unspecified atom stereocenters. The average Bonchev–Trinajstić information content (AvgIpc) is 2.26. The minimum atomic E-state index is -0.675. The van der Waals surface area contributed by atoms with E-state index in [1.54, 1.807) is 6.92 Å². The van der Waals surface area contributed by atoms with Gasteiger partial charge in [0.25, 0.3) is 5.91 Å². The van der Waals surface area contributed by atoms with Gasteiger partial charge in [0.15, 0.2) is 0 Å². The Morgan fingerprint density at radius 1 is 1.32 bits per heavy atom. The van der Waals surface area contributed by atoms with Crippen molar-refractivity contribution in [1.29, 1.82) is 0 Å². The van der Waals surface area contributed by atoms with E-state index >= 15 is 0 Å². The molecule has 6 heteroatoms. The largest absolute Gasteiger partial charge is 0.350 e. The molecule has 0 aliphatic heterocycles. The Morgan fingerprint density at radius 3 is 2.47 bits per heavy atom. The second-order valence-corrected chi connectivity index (χ2v) is 5.38. The van der Waals surface area contributed by atoms with Crippen molar-refractivity contribution in [2.45, 2.75) is 39.3 Å². The monoisotopic (exact) mass is 265 g/mol. The predicted molar refractivity (Wildman–Crippen MR) is 71.9 cm³/mol. The van der Waals surface area contributed by atoms with Crippen LogP contribution in [0.25, 0.3) is 0 Å². The summed E-state index contributed by atoms with van der Waals surface area (Å²) in [5, 5.41) is 5.31. The van der Waals surface area contributed by atoms with Crippen molar-refractivity contribution in [3.8, 4) is 0 Å². The standard InChI is InChI=1S/C13H19N3O3/c1-8(11(18)16-13(2,3)4)15-12(19)9-5-6-14-10(17)7-9/h5-8H,1-4H3,(H,14,17)(H,15,19)(H,16,18). The molecule has 0 radical (unpaired) electrons. The van der Waals surface area contributed by atoms with Crippen LogP contribution in [-0.4, -0.2) is 28.4 Å². The molecule has 1 atom stereocenters. The fourth-order valence-corrected chi connectivity index (χ4v) is 1.41. The summed E-state index contributed by atoms with van der Waals surface area (Å²) in [6, 6.07) is 1.99. The highest BCUT2D eigenvalue weighted by Gasteiger charge is 2.21. The fourth-order valence-electron chi connectivity index (χ4n) is 1.41. The van der Waals surface area contributed by atoms with Gasteiger partial charge in [-0.25, -0.2) is 0 Å². The first-order chi connectivity index (χ1) is 8.69. The van der Waals surface area contributed by atoms with Crippen molar-refractivity contribution in [3.05, 3.63) is 34.2 Å². The Bertz CT molecular complexity index is 528. The molecule has 0 aliphatic carbocycles. The van der Waals surface area contributed by atoms with Crippen LogP contribution in [0.15, 0.2) is 23.1 Å². The molecular weight excluding hydrogens is 246 g/mol. The number of aromatic nitrogens is 1. The van der Waals surface area contributed by atoms with Crippen LogP contribution >= 0.6 is 0 Å². The van der Waals surface area contributed by atoms with Gasteiger partial charge in [-0.1, -0.05) is 0 Å². The van der Waals surface area contributed by atoms with Gasteiger partial charge < -0.3 is 15.6 Å². The van der Waals surface area contributed by atoms with Gasteiger partial charge in [-0.3, -0.25) is 14.4 Å². The number of H-pyrrole nitrogens is 1. The molecule has 3 N–H and O–H groups in total. The molecule has 1 rings (SSSR count). The smallest absolute Gasteiger partial charge is 0.252 e. The molecule has 1 aromatic rings. The molecule has 0 spiro atoms. The second kappa shape index (κ2) is 5.69. The van der Waals surface area contributed by atoms with E-state index in [1.807, 2.05) is 20.8 Å². The summed E-state index contributed by atoms with van der Waals surface area (Å²) in [7, 11) is 0. The normalized spacial score (nSPS) is 12.6. The van der Waals surface area contributed by atoms with Gasteiger partial charge in [0, 0.05) is 23.4 Å². The van der Waals surface area contributed by atoms with Crippen LogP contribution in [0.5, 0.6) is 0 Å². The maximum Gasteiger partial charge on any atom is 0.252 e. The van der Waals surface area contributed by atoms with Crippen molar-refractivity contribution in [2.75, 3.05) is 0 Å². The number of amides is 2. The van der Waals surface area contributed by atoms with Gasteiger partial charge in [0.05, 0.1) is 0 Å². The van der Waals surface area contributed by atoms with Crippen molar-refractivity contribution < 1.29 is 9.59 Å². The number of hydrogen-bond acceptors (Lipinski definition) is 3. The first kappa shape index (κ1) is 14.9. The van der Waals surface area contributed by atoms with E-state index in [1.165, 1.54) is 18.3 Å². The molecular formula is C13H19N3O3. The van der Waals surface area contributed by atoms with E-state index in [9.17, 15) is 14.4 Å². The summed E-state index contributed by atoms with van der Waals surface area (Å²) in [4.78, 5) is 37.1. The highest BCUT2D eigenvalue weighted by molar-refractivity contribution is 5.97. The molecule has 2 amide bonds. The molecule has 0 aliphatic rings. The maximum atomic E-state index is 11.8. The van der Waals surface area contributed by atoms with Gasteiger partial charge in [-0.05, 0) is 33.8 Å². The highest BCUT2D eigenvalue weighted by Crippen LogP contribution is 2.00. The third-order valence-electron chi connectivity index (χ3n) is 2.28. The molecule has 1 aromatic heterocycles. The first-order valence-electron chi connectivity index (χ1n) is 6.01. The van der Waals surface area contributed by atoms with E-state index in [2.05, 4.69) is 15.6 Å². The van der Waals surface area contributed by atoms with Gasteiger partial charge in [0.2, 0.25) is 11.5 Å². The summed E-state index contributed by atoms with van der Waals surface area (Å²) in [6.07, 6.45) is 1.39. The minimum Gasteiger partial charge on any atom is -0.350 e. The van der Waals surface area contributed by atoms with E-state index in [4.69, 9.17) is 0 Å². The van der Waals surface area contributed by atoms with E-state index in [0.29, 0.717) is 0 Å². The summed E-state index contributed by atoms with van der Waals surface area (Å²) >= 11 is 0. The van der Waals surface area contributed by atoms with Crippen molar-refractivity contribution in [1.82, 2.24) is 15.6 Å². The lowest BCUT2D eigenvalue weighted by Crippen LogP contribution is -2.50. The van der Waals surface area contributed by atoms with Crippen LogP contribution in [0.2, 0.25) is 0 Å². The zero-order valence-electron chi connectivity index (χ0n) is 11.5. The van der Waals surface area contributed by atoms with Crippen LogP contribution in [0.3, 0.4) is 0 Å². The molecule has 0 saturated carbocycles. The quantitative estimate of drug-likeness (QED) is 0.739. The van der Waals surface area contributed by atoms with Crippen molar-refractivity contribution >= 4 is 11.8 Å². The van der Waals surface area contributed by atoms with E-state index in [0.717, 1.165) is 0 Å². The Labute approximate surface area is 111 Å². The lowest BCUT2D eigenvalue weighted by atomic mass is 10.1. The number of hydrogen-bond donors (Lipinski definition) is 3. The maximum absolute atomic E-state index is 11.8. The van der Waals surface area contributed by atoms with Crippen LogP contribution in [0.4, 0.5) is 0 Å². The van der Waals surface area contributed by atoms with Gasteiger partial charge >= 0.3 is 0 Å². The molecule has 0 aromatic carbocycles. The number of pyridine rings is 1. The lowest BCUT2D eigenvalue weighted by Gasteiger charge is -2.23. The number of rotatable bonds is 3. The molecule has 0 bridgehead atoms. The van der Waals surface area contributed by atoms with Crippen LogP contribution < -0.4 is 16.2 Å². The molecule has 0 saturated heterocycles. The van der Waals surface area contributed by atoms with E-state index < -0.39 is 11.9 Å². The second-order valence-electron chi connectivity index (χ2n) is 5.38. The Kier molecular flexibility index (Phi) is 4.47. The average molecular weight is 265 g/mol. The van der Waals surface area contributed by atoms with Crippen molar-refractivity contribution in [3.63, 3.8) is 0 Å². The van der Waals surface area contributed by atoms with Crippen LogP contribution in [0.1, 0.15) is 38.1 Å². The highest BCUT2D eigenvalue weighted by atomic mass is 16.2. The molecule has 6 nitrogen and oxygen atoms in total. The fraction of sp³-hybridized carbons (Fsp3) is 0.462. The summed E-state index contributed by atoms with van der Waals surface area (Å²) in [5.41, 5.74) is -0.501. The Hall–Kier alpha value is -2.11. The number of carbonyl (C=O) groups is 2. The van der Waals surface area contributed by atoms with Gasteiger partial charge in [-0.15, -0.1) is 0 Å². The molecule has 104 valence electrons. The Balaban J connectivity index is 2.67. The Morgan fingerprint density at radius 2 is 1.95 bits per heavy atom. The topological polar surface area (TPSA) is 91.1 Å². The lowest BCUT2D eigenvalue weighted by molar-refractivity contribution is -0.124. The number of carbonyl (C=O) groups excluding carboxylic acids is 2. The summed E-state index contributed by atoms with van der Waals surface area (Å²) < 4.78 is 0. The van der Waals surface area contributed by atoms with Crippen LogP contribution in [-0.2, 0) is 4.79 Å². The summed E-state index contributed by atoms with van der Waals surface area (Å²) in [5.74, 6) is -0.728. The molecule has 1 heterocycles.